The number of hydrogen-bond donors (Lipinski definition) is 1. The minimum absolute atomic E-state index is 0.0194. The molecular formula is C32H31N3O2. The van der Waals surface area contributed by atoms with E-state index in [-0.39, 0.29) is 17.7 Å². The van der Waals surface area contributed by atoms with E-state index in [9.17, 15) is 9.59 Å². The van der Waals surface area contributed by atoms with E-state index in [1.54, 1.807) is 11.9 Å². The SMILES string of the molecule is CNC(=O)C1CCN(C(=O)C2=CC=CC=CN2C(c2ccccc2)(c2ccccc2)c2ccccc2)C1. The lowest BCUT2D eigenvalue weighted by Gasteiger charge is -2.46. The first-order valence-corrected chi connectivity index (χ1v) is 12.7. The van der Waals surface area contributed by atoms with E-state index < -0.39 is 5.54 Å². The van der Waals surface area contributed by atoms with Crippen LogP contribution in [-0.4, -0.2) is 41.8 Å². The molecule has 2 heterocycles. The molecule has 1 N–H and O–H groups in total. The molecule has 5 heteroatoms. The van der Waals surface area contributed by atoms with Gasteiger partial charge in [-0.1, -0.05) is 103 Å². The summed E-state index contributed by atoms with van der Waals surface area (Å²) in [4.78, 5) is 30.4. The van der Waals surface area contributed by atoms with Crippen LogP contribution in [0.25, 0.3) is 0 Å². The smallest absolute Gasteiger partial charge is 0.270 e. The second kappa shape index (κ2) is 10.7. The average molecular weight is 490 g/mol. The Kier molecular flexibility index (Phi) is 7.04. The standard InChI is InChI=1S/C32H31N3O2/c1-33-30(36)25-21-23-34(24-25)31(37)29-20-12-5-13-22-35(29)32(26-14-6-2-7-15-26,27-16-8-3-9-17-27)28-18-10-4-11-19-28/h2-20,22,25H,21,23-24H2,1H3,(H,33,36). The summed E-state index contributed by atoms with van der Waals surface area (Å²) in [6.07, 6.45) is 10.4. The number of carbonyl (C=O) groups is 2. The average Bonchev–Trinajstić information content (AvgIpc) is 3.34. The fraction of sp³-hybridized carbons (Fsp3) is 0.188. The lowest BCUT2D eigenvalue weighted by molar-refractivity contribution is -0.128. The van der Waals surface area contributed by atoms with Gasteiger partial charge in [-0.2, -0.15) is 0 Å². The fourth-order valence-electron chi connectivity index (χ4n) is 5.45. The normalized spacial score (nSPS) is 17.3. The Morgan fingerprint density at radius 2 is 1.32 bits per heavy atom. The molecule has 0 aliphatic carbocycles. The number of benzene rings is 3. The molecule has 0 aromatic heterocycles. The minimum atomic E-state index is -0.812. The number of hydrogen-bond acceptors (Lipinski definition) is 3. The van der Waals surface area contributed by atoms with Crippen molar-refractivity contribution in [1.29, 1.82) is 0 Å². The molecule has 0 bridgehead atoms. The Balaban J connectivity index is 1.70. The van der Waals surface area contributed by atoms with Crippen molar-refractivity contribution in [3.63, 3.8) is 0 Å². The van der Waals surface area contributed by atoms with Crippen molar-refractivity contribution >= 4 is 11.8 Å². The van der Waals surface area contributed by atoms with Crippen LogP contribution in [0.5, 0.6) is 0 Å². The van der Waals surface area contributed by atoms with Crippen LogP contribution in [0.4, 0.5) is 0 Å². The lowest BCUT2D eigenvalue weighted by atomic mass is 9.75. The molecule has 0 radical (unpaired) electrons. The minimum Gasteiger partial charge on any atom is -0.359 e. The maximum Gasteiger partial charge on any atom is 0.270 e. The van der Waals surface area contributed by atoms with Gasteiger partial charge in [-0.3, -0.25) is 9.59 Å². The molecule has 0 spiro atoms. The van der Waals surface area contributed by atoms with Crippen molar-refractivity contribution in [1.82, 2.24) is 15.1 Å². The van der Waals surface area contributed by atoms with Gasteiger partial charge in [0.2, 0.25) is 5.91 Å². The fourth-order valence-corrected chi connectivity index (χ4v) is 5.45. The van der Waals surface area contributed by atoms with Gasteiger partial charge in [0, 0.05) is 26.3 Å². The Labute approximate surface area is 218 Å². The zero-order chi connectivity index (χ0) is 25.7. The van der Waals surface area contributed by atoms with E-state index in [4.69, 9.17) is 0 Å². The maximum atomic E-state index is 14.2. The van der Waals surface area contributed by atoms with Crippen molar-refractivity contribution in [2.24, 2.45) is 5.92 Å². The second-order valence-corrected chi connectivity index (χ2v) is 9.31. The summed E-state index contributed by atoms with van der Waals surface area (Å²) < 4.78 is 0. The molecule has 1 unspecified atom stereocenters. The number of allylic oxidation sites excluding steroid dienone is 4. The van der Waals surface area contributed by atoms with Gasteiger partial charge < -0.3 is 15.1 Å². The summed E-state index contributed by atoms with van der Waals surface area (Å²) in [5, 5.41) is 2.73. The Morgan fingerprint density at radius 3 is 1.84 bits per heavy atom. The second-order valence-electron chi connectivity index (χ2n) is 9.31. The largest absolute Gasteiger partial charge is 0.359 e. The molecule has 5 nitrogen and oxygen atoms in total. The first kappa shape index (κ1) is 24.3. The number of amides is 2. The van der Waals surface area contributed by atoms with Crippen molar-refractivity contribution < 1.29 is 9.59 Å². The van der Waals surface area contributed by atoms with Crippen LogP contribution in [0.3, 0.4) is 0 Å². The third kappa shape index (κ3) is 4.49. The molecule has 186 valence electrons. The van der Waals surface area contributed by atoms with E-state index in [2.05, 4.69) is 46.6 Å². The van der Waals surface area contributed by atoms with Gasteiger partial charge in [-0.25, -0.2) is 0 Å². The molecule has 5 rings (SSSR count). The molecule has 1 fully saturated rings. The van der Waals surface area contributed by atoms with Crippen molar-refractivity contribution in [2.75, 3.05) is 20.1 Å². The summed E-state index contributed by atoms with van der Waals surface area (Å²) in [5.74, 6) is -0.300. The highest BCUT2D eigenvalue weighted by atomic mass is 16.2. The van der Waals surface area contributed by atoms with Gasteiger partial charge in [0.25, 0.3) is 5.91 Å². The number of carbonyl (C=O) groups excluding carboxylic acids is 2. The van der Waals surface area contributed by atoms with Crippen molar-refractivity contribution in [3.05, 3.63) is 144 Å². The van der Waals surface area contributed by atoms with Gasteiger partial charge in [0.1, 0.15) is 11.2 Å². The van der Waals surface area contributed by atoms with Crippen molar-refractivity contribution in [3.8, 4) is 0 Å². The molecule has 3 aromatic rings. The summed E-state index contributed by atoms with van der Waals surface area (Å²) in [5.41, 5.74) is 2.87. The van der Waals surface area contributed by atoms with Crippen LogP contribution >= 0.6 is 0 Å². The molecule has 37 heavy (non-hydrogen) atoms. The van der Waals surface area contributed by atoms with Crippen LogP contribution in [-0.2, 0) is 15.1 Å². The van der Waals surface area contributed by atoms with E-state index >= 15 is 0 Å². The number of likely N-dealkylation sites (tertiary alicyclic amines) is 1. The van der Waals surface area contributed by atoms with Gasteiger partial charge in [-0.05, 0) is 35.3 Å². The first-order chi connectivity index (χ1) is 18.2. The highest BCUT2D eigenvalue weighted by Gasteiger charge is 2.45. The van der Waals surface area contributed by atoms with Gasteiger partial charge in [0.15, 0.2) is 0 Å². The van der Waals surface area contributed by atoms with Crippen LogP contribution in [0.15, 0.2) is 127 Å². The zero-order valence-corrected chi connectivity index (χ0v) is 21.0. The monoisotopic (exact) mass is 489 g/mol. The summed E-state index contributed by atoms with van der Waals surface area (Å²) in [7, 11) is 1.64. The summed E-state index contributed by atoms with van der Waals surface area (Å²) in [6.45, 7) is 0.955. The first-order valence-electron chi connectivity index (χ1n) is 12.7. The highest BCUT2D eigenvalue weighted by molar-refractivity contribution is 5.95. The molecule has 1 atom stereocenters. The zero-order valence-electron chi connectivity index (χ0n) is 21.0. The Bertz CT molecular complexity index is 1230. The van der Waals surface area contributed by atoms with E-state index in [1.165, 1.54) is 0 Å². The molecule has 2 aliphatic rings. The van der Waals surface area contributed by atoms with Gasteiger partial charge in [0.05, 0.1) is 5.92 Å². The molecule has 2 amide bonds. The van der Waals surface area contributed by atoms with Crippen LogP contribution in [0, 0.1) is 5.92 Å². The van der Waals surface area contributed by atoms with E-state index in [0.717, 1.165) is 16.7 Å². The predicted octanol–water partition coefficient (Wildman–Crippen LogP) is 4.84. The number of rotatable bonds is 6. The molecular weight excluding hydrogens is 458 g/mol. The summed E-state index contributed by atoms with van der Waals surface area (Å²) in [6, 6.07) is 31.0. The molecule has 2 aliphatic heterocycles. The Morgan fingerprint density at radius 1 is 0.784 bits per heavy atom. The Hall–Kier alpha value is -4.38. The van der Waals surface area contributed by atoms with E-state index in [1.807, 2.05) is 85.1 Å². The van der Waals surface area contributed by atoms with Gasteiger partial charge >= 0.3 is 0 Å². The maximum absolute atomic E-state index is 14.2. The van der Waals surface area contributed by atoms with Crippen molar-refractivity contribution in [2.45, 2.75) is 12.0 Å². The molecule has 0 saturated carbocycles. The number of nitrogens with one attached hydrogen (secondary N) is 1. The quantitative estimate of drug-likeness (QED) is 0.504. The topological polar surface area (TPSA) is 52.7 Å². The van der Waals surface area contributed by atoms with Gasteiger partial charge in [-0.15, -0.1) is 0 Å². The predicted molar refractivity (Wildman–Crippen MR) is 146 cm³/mol. The lowest BCUT2D eigenvalue weighted by Crippen LogP contribution is -2.48. The molecule has 3 aromatic carbocycles. The van der Waals surface area contributed by atoms with Crippen LogP contribution in [0.2, 0.25) is 0 Å². The third-order valence-corrected chi connectivity index (χ3v) is 7.22. The number of nitrogens with zero attached hydrogens (tertiary/aromatic N) is 2. The van der Waals surface area contributed by atoms with Crippen LogP contribution in [0.1, 0.15) is 23.1 Å². The highest BCUT2D eigenvalue weighted by Crippen LogP contribution is 2.45. The van der Waals surface area contributed by atoms with Crippen LogP contribution < -0.4 is 5.32 Å². The third-order valence-electron chi connectivity index (χ3n) is 7.22. The van der Waals surface area contributed by atoms with E-state index in [0.29, 0.717) is 25.2 Å². The molecule has 1 saturated heterocycles. The summed E-state index contributed by atoms with van der Waals surface area (Å²) >= 11 is 0.